The van der Waals surface area contributed by atoms with E-state index in [0.29, 0.717) is 40.7 Å². The van der Waals surface area contributed by atoms with Gasteiger partial charge in [0, 0.05) is 19.0 Å². The van der Waals surface area contributed by atoms with Gasteiger partial charge in [-0.05, 0) is 31.5 Å². The largest absolute Gasteiger partial charge is 0.455 e. The Hall–Kier alpha value is -2.34. The van der Waals surface area contributed by atoms with Gasteiger partial charge >= 0.3 is 5.97 Å². The molecular weight excluding hydrogens is 320 g/mol. The molecule has 1 amide bonds. The zero-order valence-electron chi connectivity index (χ0n) is 12.5. The standard InChI is InChI=1S/C16H15ClN2O4/c1-10-7-12(18-23-10)9-22-16(21)11-4-5-13(17)14(8-11)19-6-2-3-15(19)20/h4-5,7-8H,2-3,6,9H2,1H3. The van der Waals surface area contributed by atoms with E-state index in [-0.39, 0.29) is 12.5 Å². The molecule has 23 heavy (non-hydrogen) atoms. The van der Waals surface area contributed by atoms with E-state index in [2.05, 4.69) is 5.16 Å². The lowest BCUT2D eigenvalue weighted by Gasteiger charge is -2.18. The van der Waals surface area contributed by atoms with E-state index in [4.69, 9.17) is 20.9 Å². The summed E-state index contributed by atoms with van der Waals surface area (Å²) in [5.74, 6) is 0.156. The Morgan fingerprint density at radius 3 is 2.91 bits per heavy atom. The van der Waals surface area contributed by atoms with Crippen LogP contribution in [0.15, 0.2) is 28.8 Å². The van der Waals surface area contributed by atoms with Gasteiger partial charge in [-0.3, -0.25) is 4.79 Å². The molecule has 1 aromatic heterocycles. The van der Waals surface area contributed by atoms with Crippen LogP contribution in [-0.2, 0) is 16.1 Å². The van der Waals surface area contributed by atoms with Gasteiger partial charge in [0.25, 0.3) is 0 Å². The van der Waals surface area contributed by atoms with Crippen LogP contribution in [0.3, 0.4) is 0 Å². The van der Waals surface area contributed by atoms with E-state index in [9.17, 15) is 9.59 Å². The van der Waals surface area contributed by atoms with Gasteiger partial charge in [0.15, 0.2) is 0 Å². The maximum absolute atomic E-state index is 12.2. The van der Waals surface area contributed by atoms with Crippen LogP contribution in [0, 0.1) is 6.92 Å². The quantitative estimate of drug-likeness (QED) is 0.803. The minimum absolute atomic E-state index is 0.00971. The Kier molecular flexibility index (Phi) is 4.34. The number of nitrogens with zero attached hydrogens (tertiary/aromatic N) is 2. The smallest absolute Gasteiger partial charge is 0.338 e. The van der Waals surface area contributed by atoms with Crippen LogP contribution in [0.4, 0.5) is 5.69 Å². The number of esters is 1. The molecule has 3 rings (SSSR count). The first-order valence-corrected chi connectivity index (χ1v) is 7.61. The third-order valence-electron chi connectivity index (χ3n) is 3.57. The van der Waals surface area contributed by atoms with Gasteiger partial charge in [-0.1, -0.05) is 16.8 Å². The lowest BCUT2D eigenvalue weighted by atomic mass is 10.2. The van der Waals surface area contributed by atoms with Crippen LogP contribution in [0.5, 0.6) is 0 Å². The molecular formula is C16H15ClN2O4. The lowest BCUT2D eigenvalue weighted by molar-refractivity contribution is -0.117. The third kappa shape index (κ3) is 3.37. The van der Waals surface area contributed by atoms with Crippen molar-refractivity contribution in [2.24, 2.45) is 0 Å². The molecule has 1 fully saturated rings. The number of carbonyl (C=O) groups excluding carboxylic acids is 2. The van der Waals surface area contributed by atoms with E-state index in [1.54, 1.807) is 36.1 Å². The Balaban J connectivity index is 1.74. The summed E-state index contributed by atoms with van der Waals surface area (Å²) in [6.07, 6.45) is 1.28. The van der Waals surface area contributed by atoms with E-state index >= 15 is 0 Å². The number of aromatic nitrogens is 1. The summed E-state index contributed by atoms with van der Waals surface area (Å²) in [6.45, 7) is 2.39. The van der Waals surface area contributed by atoms with Crippen molar-refractivity contribution >= 4 is 29.2 Å². The first kappa shape index (κ1) is 15.6. The second-order valence-electron chi connectivity index (χ2n) is 5.32. The number of halogens is 1. The van der Waals surface area contributed by atoms with Crippen LogP contribution in [-0.4, -0.2) is 23.6 Å². The number of hydrogen-bond acceptors (Lipinski definition) is 5. The van der Waals surface area contributed by atoms with Gasteiger partial charge in [0.2, 0.25) is 5.91 Å². The summed E-state index contributed by atoms with van der Waals surface area (Å²) in [5, 5.41) is 4.19. The van der Waals surface area contributed by atoms with Crippen LogP contribution in [0.1, 0.15) is 34.7 Å². The van der Waals surface area contributed by atoms with Gasteiger partial charge in [0.1, 0.15) is 18.1 Å². The molecule has 1 aromatic carbocycles. The van der Waals surface area contributed by atoms with E-state index in [0.717, 1.165) is 6.42 Å². The molecule has 1 saturated heterocycles. The van der Waals surface area contributed by atoms with Crippen molar-refractivity contribution in [1.29, 1.82) is 0 Å². The maximum atomic E-state index is 12.2. The Morgan fingerprint density at radius 2 is 2.26 bits per heavy atom. The number of amides is 1. The first-order valence-electron chi connectivity index (χ1n) is 7.24. The summed E-state index contributed by atoms with van der Waals surface area (Å²) in [7, 11) is 0. The number of aryl methyl sites for hydroxylation is 1. The molecule has 2 heterocycles. The Morgan fingerprint density at radius 1 is 1.43 bits per heavy atom. The highest BCUT2D eigenvalue weighted by Crippen LogP contribution is 2.30. The van der Waals surface area contributed by atoms with Crippen LogP contribution in [0.2, 0.25) is 5.02 Å². The molecule has 7 heteroatoms. The zero-order chi connectivity index (χ0) is 16.4. The fourth-order valence-electron chi connectivity index (χ4n) is 2.46. The molecule has 0 N–H and O–H groups in total. The van der Waals surface area contributed by atoms with Crippen molar-refractivity contribution in [2.45, 2.75) is 26.4 Å². The normalized spacial score (nSPS) is 14.3. The Bertz CT molecular complexity index is 756. The molecule has 2 aromatic rings. The van der Waals surface area contributed by atoms with Crippen molar-refractivity contribution in [1.82, 2.24) is 5.16 Å². The summed E-state index contributed by atoms with van der Waals surface area (Å²) < 4.78 is 10.1. The second-order valence-corrected chi connectivity index (χ2v) is 5.73. The number of hydrogen-bond donors (Lipinski definition) is 0. The molecule has 6 nitrogen and oxygen atoms in total. The number of benzene rings is 1. The molecule has 0 spiro atoms. The van der Waals surface area contributed by atoms with Crippen LogP contribution < -0.4 is 4.90 Å². The van der Waals surface area contributed by atoms with Gasteiger partial charge in [-0.2, -0.15) is 0 Å². The fraction of sp³-hybridized carbons (Fsp3) is 0.312. The minimum atomic E-state index is -0.504. The first-order chi connectivity index (χ1) is 11.0. The molecule has 0 radical (unpaired) electrons. The second kappa shape index (κ2) is 6.42. The van der Waals surface area contributed by atoms with Crippen LogP contribution >= 0.6 is 11.6 Å². The van der Waals surface area contributed by atoms with Crippen molar-refractivity contribution in [3.63, 3.8) is 0 Å². The van der Waals surface area contributed by atoms with Gasteiger partial charge in [0.05, 0.1) is 16.3 Å². The highest BCUT2D eigenvalue weighted by molar-refractivity contribution is 6.34. The summed E-state index contributed by atoms with van der Waals surface area (Å²) in [6, 6.07) is 6.45. The molecule has 0 bridgehead atoms. The third-order valence-corrected chi connectivity index (χ3v) is 3.89. The van der Waals surface area contributed by atoms with Crippen molar-refractivity contribution in [3.8, 4) is 0 Å². The summed E-state index contributed by atoms with van der Waals surface area (Å²) in [5.41, 5.74) is 1.42. The lowest BCUT2D eigenvalue weighted by Crippen LogP contribution is -2.24. The zero-order valence-corrected chi connectivity index (χ0v) is 13.3. The number of ether oxygens (including phenoxy) is 1. The monoisotopic (exact) mass is 334 g/mol. The van der Waals surface area contributed by atoms with Gasteiger partial charge in [-0.15, -0.1) is 0 Å². The predicted octanol–water partition coefficient (Wildman–Crippen LogP) is 3.12. The molecule has 0 unspecified atom stereocenters. The van der Waals surface area contributed by atoms with E-state index in [1.807, 2.05) is 0 Å². The molecule has 1 aliphatic heterocycles. The topological polar surface area (TPSA) is 72.6 Å². The van der Waals surface area contributed by atoms with E-state index < -0.39 is 5.97 Å². The molecule has 0 saturated carbocycles. The van der Waals surface area contributed by atoms with Crippen LogP contribution in [0.25, 0.3) is 0 Å². The average molecular weight is 335 g/mol. The SMILES string of the molecule is Cc1cc(COC(=O)c2ccc(Cl)c(N3CCCC3=O)c2)no1. The molecule has 0 atom stereocenters. The maximum Gasteiger partial charge on any atom is 0.338 e. The average Bonchev–Trinajstić information content (AvgIpc) is 3.14. The van der Waals surface area contributed by atoms with E-state index in [1.165, 1.54) is 0 Å². The summed E-state index contributed by atoms with van der Waals surface area (Å²) in [4.78, 5) is 25.6. The highest BCUT2D eigenvalue weighted by Gasteiger charge is 2.24. The number of carbonyl (C=O) groups is 2. The Labute approximate surface area is 138 Å². The van der Waals surface area contributed by atoms with Gasteiger partial charge in [-0.25, -0.2) is 4.79 Å². The van der Waals surface area contributed by atoms with Crippen molar-refractivity contribution in [3.05, 3.63) is 46.3 Å². The van der Waals surface area contributed by atoms with Gasteiger partial charge < -0.3 is 14.2 Å². The number of rotatable bonds is 4. The fourth-order valence-corrected chi connectivity index (χ4v) is 2.68. The molecule has 120 valence electrons. The molecule has 1 aliphatic rings. The van der Waals surface area contributed by atoms with Crippen molar-refractivity contribution < 1.29 is 18.8 Å². The van der Waals surface area contributed by atoms with Crippen molar-refractivity contribution in [2.75, 3.05) is 11.4 Å². The predicted molar refractivity (Wildman–Crippen MR) is 83.4 cm³/mol. The molecule has 0 aliphatic carbocycles. The minimum Gasteiger partial charge on any atom is -0.455 e. The number of anilines is 1. The summed E-state index contributed by atoms with van der Waals surface area (Å²) >= 11 is 6.15. The highest BCUT2D eigenvalue weighted by atomic mass is 35.5.